The maximum Gasteiger partial charge on any atom is 0.0701 e. The molecule has 0 radical (unpaired) electrons. The quantitative estimate of drug-likeness (QED) is 0.627. The summed E-state index contributed by atoms with van der Waals surface area (Å²) in [7, 11) is 1.67. The van der Waals surface area contributed by atoms with Crippen molar-refractivity contribution in [3.05, 3.63) is 22.4 Å². The largest absolute Gasteiger partial charge is 0.382 e. The van der Waals surface area contributed by atoms with E-state index in [1.54, 1.807) is 18.4 Å². The minimum Gasteiger partial charge on any atom is -0.382 e. The Morgan fingerprint density at radius 3 is 2.56 bits per heavy atom. The highest BCUT2D eigenvalue weighted by atomic mass is 32.1. The van der Waals surface area contributed by atoms with Gasteiger partial charge < -0.3 is 19.5 Å². The zero-order valence-electron chi connectivity index (χ0n) is 11.2. The van der Waals surface area contributed by atoms with Crippen LogP contribution < -0.4 is 5.32 Å². The molecule has 0 fully saturated rings. The number of thiophene rings is 1. The van der Waals surface area contributed by atoms with E-state index in [1.807, 2.05) is 0 Å². The molecule has 1 aromatic rings. The van der Waals surface area contributed by atoms with Gasteiger partial charge in [-0.05, 0) is 18.4 Å². The number of hydrogen-bond acceptors (Lipinski definition) is 5. The first-order chi connectivity index (χ1) is 8.84. The van der Waals surface area contributed by atoms with Crippen LogP contribution in [0.15, 0.2) is 17.5 Å². The van der Waals surface area contributed by atoms with Gasteiger partial charge >= 0.3 is 0 Å². The molecule has 4 nitrogen and oxygen atoms in total. The average Bonchev–Trinajstić information content (AvgIpc) is 2.90. The van der Waals surface area contributed by atoms with Crippen LogP contribution >= 0.6 is 11.3 Å². The molecule has 0 spiro atoms. The molecule has 0 saturated carbocycles. The predicted molar refractivity (Wildman–Crippen MR) is 74.3 cm³/mol. The van der Waals surface area contributed by atoms with Crippen molar-refractivity contribution >= 4 is 11.3 Å². The van der Waals surface area contributed by atoms with E-state index in [1.165, 1.54) is 4.88 Å². The lowest BCUT2D eigenvalue weighted by molar-refractivity contribution is 0.0253. The Hall–Kier alpha value is -0.460. The molecule has 1 atom stereocenters. The summed E-state index contributed by atoms with van der Waals surface area (Å²) in [5.41, 5.74) is 0. The minimum atomic E-state index is 0.395. The highest BCUT2D eigenvalue weighted by Gasteiger charge is 2.04. The van der Waals surface area contributed by atoms with Crippen molar-refractivity contribution < 1.29 is 14.2 Å². The SMILES string of the molecule is COCCOCCOCCNC(C)c1cccs1. The average molecular weight is 273 g/mol. The Morgan fingerprint density at radius 1 is 1.17 bits per heavy atom. The maximum absolute atomic E-state index is 5.46. The van der Waals surface area contributed by atoms with E-state index < -0.39 is 0 Å². The molecule has 0 aliphatic carbocycles. The molecule has 0 aliphatic heterocycles. The van der Waals surface area contributed by atoms with E-state index in [9.17, 15) is 0 Å². The van der Waals surface area contributed by atoms with Crippen molar-refractivity contribution in [3.8, 4) is 0 Å². The first-order valence-corrected chi connectivity index (χ1v) is 7.13. The van der Waals surface area contributed by atoms with Gasteiger partial charge in [0.2, 0.25) is 0 Å². The number of rotatable bonds is 11. The summed E-state index contributed by atoms with van der Waals surface area (Å²) in [4.78, 5) is 1.36. The molecule has 1 N–H and O–H groups in total. The number of nitrogens with one attached hydrogen (secondary N) is 1. The maximum atomic E-state index is 5.46. The highest BCUT2D eigenvalue weighted by molar-refractivity contribution is 7.10. The minimum absolute atomic E-state index is 0.395. The first kappa shape index (κ1) is 15.6. The third-order valence-electron chi connectivity index (χ3n) is 2.47. The lowest BCUT2D eigenvalue weighted by Gasteiger charge is -2.12. The van der Waals surface area contributed by atoms with Crippen molar-refractivity contribution in [1.82, 2.24) is 5.32 Å². The Bertz CT molecular complexity index is 280. The fraction of sp³-hybridized carbons (Fsp3) is 0.692. The summed E-state index contributed by atoms with van der Waals surface area (Å²) in [6, 6.07) is 4.62. The molecule has 18 heavy (non-hydrogen) atoms. The number of hydrogen-bond donors (Lipinski definition) is 1. The molecule has 104 valence electrons. The lowest BCUT2D eigenvalue weighted by Crippen LogP contribution is -2.23. The standard InChI is InChI=1S/C13H23NO3S/c1-12(13-4-3-11-18-13)14-5-6-16-9-10-17-8-7-15-2/h3-4,11-12,14H,5-10H2,1-2H3. The second-order valence-electron chi connectivity index (χ2n) is 3.91. The normalized spacial score (nSPS) is 12.8. The van der Waals surface area contributed by atoms with Crippen molar-refractivity contribution in [2.24, 2.45) is 0 Å². The van der Waals surface area contributed by atoms with E-state index in [0.29, 0.717) is 39.1 Å². The van der Waals surface area contributed by atoms with Crippen LogP contribution in [0.1, 0.15) is 17.8 Å². The Labute approximate surface area is 113 Å². The zero-order valence-corrected chi connectivity index (χ0v) is 12.0. The summed E-state index contributed by atoms with van der Waals surface area (Å²) in [6.45, 7) is 6.27. The van der Waals surface area contributed by atoms with Crippen LogP contribution in [0.3, 0.4) is 0 Å². The summed E-state index contributed by atoms with van der Waals surface area (Å²) >= 11 is 1.78. The Balaban J connectivity index is 1.87. The van der Waals surface area contributed by atoms with E-state index in [4.69, 9.17) is 14.2 Å². The smallest absolute Gasteiger partial charge is 0.0701 e. The first-order valence-electron chi connectivity index (χ1n) is 6.26. The van der Waals surface area contributed by atoms with Crippen molar-refractivity contribution in [1.29, 1.82) is 0 Å². The second kappa shape index (κ2) is 10.5. The van der Waals surface area contributed by atoms with Gasteiger partial charge in [0.1, 0.15) is 0 Å². The van der Waals surface area contributed by atoms with E-state index in [2.05, 4.69) is 29.8 Å². The third-order valence-corrected chi connectivity index (χ3v) is 3.53. The fourth-order valence-electron chi connectivity index (χ4n) is 1.45. The molecule has 1 rings (SSSR count). The van der Waals surface area contributed by atoms with Crippen molar-refractivity contribution in [3.63, 3.8) is 0 Å². The molecular weight excluding hydrogens is 250 g/mol. The molecule has 1 heterocycles. The topological polar surface area (TPSA) is 39.7 Å². The Morgan fingerprint density at radius 2 is 1.89 bits per heavy atom. The van der Waals surface area contributed by atoms with E-state index in [-0.39, 0.29) is 0 Å². The van der Waals surface area contributed by atoms with E-state index >= 15 is 0 Å². The van der Waals surface area contributed by atoms with Gasteiger partial charge in [0.05, 0.1) is 33.0 Å². The van der Waals surface area contributed by atoms with Crippen molar-refractivity contribution in [2.75, 3.05) is 46.7 Å². The number of ether oxygens (including phenoxy) is 3. The van der Waals surface area contributed by atoms with Gasteiger partial charge in [-0.15, -0.1) is 11.3 Å². The summed E-state index contributed by atoms with van der Waals surface area (Å²) in [5.74, 6) is 0. The molecule has 1 unspecified atom stereocenters. The third kappa shape index (κ3) is 7.08. The molecule has 0 aliphatic rings. The highest BCUT2D eigenvalue weighted by Crippen LogP contribution is 2.17. The molecule has 1 aromatic heterocycles. The molecule has 0 aromatic carbocycles. The monoisotopic (exact) mass is 273 g/mol. The molecule has 0 bridgehead atoms. The zero-order chi connectivity index (χ0) is 13.1. The van der Waals surface area contributed by atoms with Crippen LogP contribution in [0.25, 0.3) is 0 Å². The van der Waals surface area contributed by atoms with Crippen LogP contribution in [0, 0.1) is 0 Å². The van der Waals surface area contributed by atoms with Gasteiger partial charge in [0, 0.05) is 24.6 Å². The van der Waals surface area contributed by atoms with Crippen molar-refractivity contribution in [2.45, 2.75) is 13.0 Å². The van der Waals surface area contributed by atoms with Crippen LogP contribution in [0.4, 0.5) is 0 Å². The van der Waals surface area contributed by atoms with E-state index in [0.717, 1.165) is 6.54 Å². The summed E-state index contributed by atoms with van der Waals surface area (Å²) in [6.07, 6.45) is 0. The van der Waals surface area contributed by atoms with Gasteiger partial charge in [-0.25, -0.2) is 0 Å². The van der Waals surface area contributed by atoms with Gasteiger partial charge in [-0.1, -0.05) is 6.07 Å². The number of methoxy groups -OCH3 is 1. The van der Waals surface area contributed by atoms with Crippen LogP contribution in [-0.2, 0) is 14.2 Å². The molecule has 0 saturated heterocycles. The van der Waals surface area contributed by atoms with Gasteiger partial charge in [-0.2, -0.15) is 0 Å². The van der Waals surface area contributed by atoms with Crippen LogP contribution in [0.5, 0.6) is 0 Å². The molecule has 0 amide bonds. The molecule has 5 heteroatoms. The lowest BCUT2D eigenvalue weighted by atomic mass is 10.3. The van der Waals surface area contributed by atoms with Crippen LogP contribution in [0.2, 0.25) is 0 Å². The van der Waals surface area contributed by atoms with Gasteiger partial charge in [-0.3, -0.25) is 0 Å². The molecular formula is C13H23NO3S. The van der Waals surface area contributed by atoms with Gasteiger partial charge in [0.25, 0.3) is 0 Å². The summed E-state index contributed by atoms with van der Waals surface area (Å²) < 4.78 is 15.6. The predicted octanol–water partition coefficient (Wildman–Crippen LogP) is 2.08. The summed E-state index contributed by atoms with van der Waals surface area (Å²) in [5, 5.41) is 5.52. The van der Waals surface area contributed by atoms with Crippen LogP contribution in [-0.4, -0.2) is 46.7 Å². The fourth-order valence-corrected chi connectivity index (χ4v) is 2.21. The van der Waals surface area contributed by atoms with Gasteiger partial charge in [0.15, 0.2) is 0 Å². The second-order valence-corrected chi connectivity index (χ2v) is 4.89. The Kier molecular flexibility index (Phi) is 9.06.